The number of phenols is 1. The quantitative estimate of drug-likeness (QED) is 0.763. The van der Waals surface area contributed by atoms with E-state index in [1.165, 1.54) is 12.8 Å². The van der Waals surface area contributed by atoms with Gasteiger partial charge in [0.15, 0.2) is 0 Å². The molecule has 1 heteroatoms. The van der Waals surface area contributed by atoms with Crippen molar-refractivity contribution in [2.24, 2.45) is 0 Å². The van der Waals surface area contributed by atoms with E-state index in [1.54, 1.807) is 6.07 Å². The van der Waals surface area contributed by atoms with E-state index in [1.807, 2.05) is 12.1 Å². The first-order chi connectivity index (χ1) is 7.14. The fourth-order valence-corrected chi connectivity index (χ4v) is 2.05. The Morgan fingerprint density at radius 1 is 1.20 bits per heavy atom. The molecule has 1 unspecified atom stereocenters. The Morgan fingerprint density at radius 3 is 2.40 bits per heavy atom. The smallest absolute Gasteiger partial charge is 0.119 e. The average Bonchev–Trinajstić information content (AvgIpc) is 2.26. The van der Waals surface area contributed by atoms with Gasteiger partial charge in [0.25, 0.3) is 0 Å². The standard InChI is InChI=1S/C14H22O/c1-4-6-11-14(3,5-2)12-9-7-8-10-13(12)15/h7-10,15H,4-6,11H2,1-3H3. The van der Waals surface area contributed by atoms with Crippen molar-refractivity contribution in [1.29, 1.82) is 0 Å². The second kappa shape index (κ2) is 5.20. The molecule has 1 rings (SSSR count). The van der Waals surface area contributed by atoms with Gasteiger partial charge in [-0.25, -0.2) is 0 Å². The number of hydrogen-bond acceptors (Lipinski definition) is 1. The number of benzene rings is 1. The van der Waals surface area contributed by atoms with Crippen molar-refractivity contribution in [3.05, 3.63) is 29.8 Å². The molecule has 84 valence electrons. The highest BCUT2D eigenvalue weighted by atomic mass is 16.3. The number of aromatic hydroxyl groups is 1. The second-order valence-electron chi connectivity index (χ2n) is 4.53. The lowest BCUT2D eigenvalue weighted by atomic mass is 9.76. The largest absolute Gasteiger partial charge is 0.508 e. The van der Waals surface area contributed by atoms with Crippen molar-refractivity contribution < 1.29 is 5.11 Å². The Morgan fingerprint density at radius 2 is 1.87 bits per heavy atom. The van der Waals surface area contributed by atoms with Crippen LogP contribution in [0.3, 0.4) is 0 Å². The fourth-order valence-electron chi connectivity index (χ4n) is 2.05. The Labute approximate surface area is 93.1 Å². The first-order valence-corrected chi connectivity index (χ1v) is 5.92. The molecule has 0 heterocycles. The van der Waals surface area contributed by atoms with Crippen LogP contribution in [-0.4, -0.2) is 5.11 Å². The molecule has 0 aliphatic rings. The molecule has 0 aliphatic carbocycles. The van der Waals surface area contributed by atoms with Crippen molar-refractivity contribution >= 4 is 0 Å². The average molecular weight is 206 g/mol. The normalized spacial score (nSPS) is 14.9. The SMILES string of the molecule is CCCCC(C)(CC)c1ccccc1O. The van der Waals surface area contributed by atoms with Crippen LogP contribution in [0.15, 0.2) is 24.3 Å². The fraction of sp³-hybridized carbons (Fsp3) is 0.571. The number of unbranched alkanes of at least 4 members (excludes halogenated alkanes) is 1. The molecule has 0 aliphatic heterocycles. The van der Waals surface area contributed by atoms with Crippen molar-refractivity contribution in [2.45, 2.75) is 51.9 Å². The number of para-hydroxylation sites is 1. The third-order valence-electron chi connectivity index (χ3n) is 3.42. The number of hydrogen-bond donors (Lipinski definition) is 1. The Balaban J connectivity index is 2.95. The van der Waals surface area contributed by atoms with Crippen molar-refractivity contribution in [3.63, 3.8) is 0 Å². The van der Waals surface area contributed by atoms with Crippen molar-refractivity contribution in [1.82, 2.24) is 0 Å². The van der Waals surface area contributed by atoms with E-state index in [2.05, 4.69) is 26.8 Å². The predicted octanol–water partition coefficient (Wildman–Crippen LogP) is 4.25. The second-order valence-corrected chi connectivity index (χ2v) is 4.53. The van der Waals surface area contributed by atoms with E-state index in [0.29, 0.717) is 5.75 Å². The van der Waals surface area contributed by atoms with Crippen LogP contribution in [0.4, 0.5) is 0 Å². The highest BCUT2D eigenvalue weighted by Crippen LogP contribution is 2.37. The molecular weight excluding hydrogens is 184 g/mol. The van der Waals surface area contributed by atoms with Crippen molar-refractivity contribution in [2.75, 3.05) is 0 Å². The van der Waals surface area contributed by atoms with Crippen LogP contribution in [0.2, 0.25) is 0 Å². The molecule has 15 heavy (non-hydrogen) atoms. The van der Waals surface area contributed by atoms with E-state index in [-0.39, 0.29) is 5.41 Å². The van der Waals surface area contributed by atoms with Crippen LogP contribution in [0.5, 0.6) is 5.75 Å². The van der Waals surface area contributed by atoms with Gasteiger partial charge in [-0.15, -0.1) is 0 Å². The molecule has 1 nitrogen and oxygen atoms in total. The van der Waals surface area contributed by atoms with Crippen LogP contribution in [0.25, 0.3) is 0 Å². The van der Waals surface area contributed by atoms with Crippen LogP contribution < -0.4 is 0 Å². The molecule has 0 bridgehead atoms. The minimum absolute atomic E-state index is 0.126. The zero-order valence-electron chi connectivity index (χ0n) is 10.1. The number of rotatable bonds is 5. The van der Waals surface area contributed by atoms with Crippen LogP contribution >= 0.6 is 0 Å². The van der Waals surface area contributed by atoms with E-state index in [4.69, 9.17) is 0 Å². The summed E-state index contributed by atoms with van der Waals surface area (Å²) in [4.78, 5) is 0. The molecule has 0 spiro atoms. The minimum atomic E-state index is 0.126. The van der Waals surface area contributed by atoms with E-state index in [9.17, 15) is 5.11 Å². The van der Waals surface area contributed by atoms with Crippen LogP contribution in [-0.2, 0) is 5.41 Å². The van der Waals surface area contributed by atoms with Gasteiger partial charge >= 0.3 is 0 Å². The maximum atomic E-state index is 9.88. The third kappa shape index (κ3) is 2.74. The maximum Gasteiger partial charge on any atom is 0.119 e. The predicted molar refractivity (Wildman–Crippen MR) is 65.3 cm³/mol. The number of phenolic OH excluding ortho intramolecular Hbond substituents is 1. The van der Waals surface area contributed by atoms with E-state index >= 15 is 0 Å². The maximum absolute atomic E-state index is 9.88. The Kier molecular flexibility index (Phi) is 4.19. The molecule has 0 aromatic heterocycles. The highest BCUT2D eigenvalue weighted by Gasteiger charge is 2.26. The lowest BCUT2D eigenvalue weighted by Gasteiger charge is -2.29. The van der Waals surface area contributed by atoms with Gasteiger partial charge in [0.2, 0.25) is 0 Å². The molecule has 0 fully saturated rings. The van der Waals surface area contributed by atoms with E-state index < -0.39 is 0 Å². The topological polar surface area (TPSA) is 20.2 Å². The molecule has 0 amide bonds. The first kappa shape index (κ1) is 12.1. The molecule has 1 N–H and O–H groups in total. The summed E-state index contributed by atoms with van der Waals surface area (Å²) in [7, 11) is 0. The molecule has 1 atom stereocenters. The monoisotopic (exact) mass is 206 g/mol. The Bertz CT molecular complexity index is 306. The first-order valence-electron chi connectivity index (χ1n) is 5.92. The van der Waals surface area contributed by atoms with Gasteiger partial charge in [-0.05, 0) is 29.9 Å². The summed E-state index contributed by atoms with van der Waals surface area (Å²) in [6, 6.07) is 7.73. The summed E-state index contributed by atoms with van der Waals surface area (Å²) in [5.74, 6) is 0.443. The van der Waals surface area contributed by atoms with Crippen LogP contribution in [0, 0.1) is 0 Å². The van der Waals surface area contributed by atoms with Gasteiger partial charge in [-0.3, -0.25) is 0 Å². The van der Waals surface area contributed by atoms with Gasteiger partial charge in [0, 0.05) is 0 Å². The molecule has 0 saturated heterocycles. The van der Waals surface area contributed by atoms with Crippen LogP contribution in [0.1, 0.15) is 52.0 Å². The summed E-state index contributed by atoms with van der Waals surface area (Å²) in [6.07, 6.45) is 4.66. The highest BCUT2D eigenvalue weighted by molar-refractivity contribution is 5.37. The lowest BCUT2D eigenvalue weighted by molar-refractivity contribution is 0.376. The van der Waals surface area contributed by atoms with Gasteiger partial charge in [-0.2, -0.15) is 0 Å². The van der Waals surface area contributed by atoms with E-state index in [0.717, 1.165) is 18.4 Å². The van der Waals surface area contributed by atoms with Gasteiger partial charge in [0.1, 0.15) is 5.75 Å². The molecule has 1 aromatic carbocycles. The zero-order chi connectivity index (χ0) is 11.3. The molecule has 0 radical (unpaired) electrons. The lowest BCUT2D eigenvalue weighted by Crippen LogP contribution is -2.20. The van der Waals surface area contributed by atoms with Gasteiger partial charge in [-0.1, -0.05) is 51.8 Å². The summed E-state index contributed by atoms with van der Waals surface area (Å²) in [5.41, 5.74) is 1.22. The molecule has 1 aromatic rings. The molecule has 0 saturated carbocycles. The minimum Gasteiger partial charge on any atom is -0.508 e. The third-order valence-corrected chi connectivity index (χ3v) is 3.42. The summed E-state index contributed by atoms with van der Waals surface area (Å²) < 4.78 is 0. The molecular formula is C14H22O. The summed E-state index contributed by atoms with van der Waals surface area (Å²) in [5, 5.41) is 9.88. The van der Waals surface area contributed by atoms with Gasteiger partial charge < -0.3 is 5.11 Å². The summed E-state index contributed by atoms with van der Waals surface area (Å²) >= 11 is 0. The van der Waals surface area contributed by atoms with Crippen molar-refractivity contribution in [3.8, 4) is 5.75 Å². The zero-order valence-corrected chi connectivity index (χ0v) is 10.1. The van der Waals surface area contributed by atoms with Gasteiger partial charge in [0.05, 0.1) is 0 Å². The Hall–Kier alpha value is -0.980. The summed E-state index contributed by atoms with van der Waals surface area (Å²) in [6.45, 7) is 6.65.